The molecule has 0 heteroatoms. The van der Waals surface area contributed by atoms with Gasteiger partial charge >= 0.3 is 0 Å². The molecule has 0 N–H and O–H groups in total. The van der Waals surface area contributed by atoms with E-state index in [4.69, 9.17) is 0 Å². The van der Waals surface area contributed by atoms with Crippen LogP contribution in [-0.4, -0.2) is 0 Å². The third-order valence-corrected chi connectivity index (χ3v) is 25.3. The maximum Gasteiger partial charge on any atom is 0.00179 e. The topological polar surface area (TPSA) is 0 Å². The Morgan fingerprint density at radius 3 is 0.833 bits per heavy atom. The first-order valence-corrected chi connectivity index (χ1v) is 32.0. The number of benzene rings is 2. The van der Waals surface area contributed by atoms with E-state index < -0.39 is 0 Å². The fraction of sp³-hybridized carbons (Fsp3) is 0.806. The molecule has 14 atom stereocenters. The fourth-order valence-corrected chi connectivity index (χ4v) is 21.7. The minimum atomic E-state index is 0.269. The minimum absolute atomic E-state index is 0.269. The van der Waals surface area contributed by atoms with Crippen LogP contribution >= 0.6 is 0 Å². The predicted octanol–water partition coefficient (Wildman–Crippen LogP) is 20.9. The van der Waals surface area contributed by atoms with E-state index in [0.717, 1.165) is 94.7 Å². The Labute approximate surface area is 446 Å². The lowest BCUT2D eigenvalue weighted by atomic mass is 9.51. The van der Waals surface area contributed by atoms with Crippen molar-refractivity contribution in [1.82, 2.24) is 0 Å². The molecular weight excluding hydrogens is 865 g/mol. The molecule has 0 radical (unpaired) electrons. The van der Waals surface area contributed by atoms with Crippen molar-refractivity contribution >= 4 is 0 Å². The van der Waals surface area contributed by atoms with E-state index in [1.54, 1.807) is 11.1 Å². The van der Waals surface area contributed by atoms with Gasteiger partial charge in [-0.25, -0.2) is 0 Å². The minimum Gasteiger partial charge on any atom is -0.0885 e. The summed E-state index contributed by atoms with van der Waals surface area (Å²) in [5.74, 6) is 14.0. The van der Waals surface area contributed by atoms with Gasteiger partial charge in [-0.15, -0.1) is 0 Å². The van der Waals surface area contributed by atoms with E-state index in [2.05, 4.69) is 156 Å². The van der Waals surface area contributed by atoms with Gasteiger partial charge in [-0.1, -0.05) is 182 Å². The van der Waals surface area contributed by atoms with Crippen LogP contribution in [0.1, 0.15) is 248 Å². The zero-order chi connectivity index (χ0) is 50.8. The summed E-state index contributed by atoms with van der Waals surface area (Å²) in [6.45, 7) is 31.1. The smallest absolute Gasteiger partial charge is 0.00179 e. The molecule has 0 aromatic heterocycles. The van der Waals surface area contributed by atoms with Crippen LogP contribution in [0.25, 0.3) is 0 Å². The van der Waals surface area contributed by atoms with Crippen molar-refractivity contribution in [2.75, 3.05) is 0 Å². The number of hydrogen-bond acceptors (Lipinski definition) is 0. The summed E-state index contributed by atoms with van der Waals surface area (Å²) >= 11 is 0. The van der Waals surface area contributed by atoms with E-state index in [1.165, 1.54) is 154 Å². The van der Waals surface area contributed by atoms with Crippen molar-refractivity contribution in [1.29, 1.82) is 0 Å². The summed E-state index contributed by atoms with van der Waals surface area (Å²) in [5, 5.41) is 0. The molecule has 14 unspecified atom stereocenters. The molecule has 0 bridgehead atoms. The summed E-state index contributed by atoms with van der Waals surface area (Å²) in [5.41, 5.74) is 5.62. The normalized spacial score (nSPS) is 37.7. The Morgan fingerprint density at radius 2 is 0.583 bits per heavy atom. The van der Waals surface area contributed by atoms with Crippen LogP contribution < -0.4 is 0 Å². The highest BCUT2D eigenvalue weighted by molar-refractivity contribution is 5.33. The molecule has 10 rings (SSSR count). The van der Waals surface area contributed by atoms with E-state index in [9.17, 15) is 0 Å². The van der Waals surface area contributed by atoms with Gasteiger partial charge in [0.15, 0.2) is 0 Å². The van der Waals surface area contributed by atoms with E-state index in [0.29, 0.717) is 21.7 Å². The van der Waals surface area contributed by atoms with Crippen molar-refractivity contribution in [2.45, 2.75) is 248 Å². The zero-order valence-electron chi connectivity index (χ0n) is 49.1. The van der Waals surface area contributed by atoms with E-state index >= 15 is 0 Å². The molecule has 8 aliphatic rings. The molecular formula is C72H112. The molecule has 0 spiro atoms. The van der Waals surface area contributed by atoms with Gasteiger partial charge in [-0.05, 0) is 256 Å². The van der Waals surface area contributed by atoms with Crippen LogP contribution in [-0.2, 0) is 10.8 Å². The summed E-state index contributed by atoms with van der Waals surface area (Å²) in [6.07, 6.45) is 40.3. The number of hydrogen-bond donors (Lipinski definition) is 0. The first-order valence-electron chi connectivity index (χ1n) is 32.0. The second kappa shape index (κ2) is 20.9. The lowest BCUT2D eigenvalue weighted by Crippen LogP contribution is -2.48. The van der Waals surface area contributed by atoms with Gasteiger partial charge in [0.1, 0.15) is 0 Å². The Bertz CT molecular complexity index is 1840. The summed E-state index contributed by atoms with van der Waals surface area (Å²) in [7, 11) is 0. The second-order valence-corrected chi connectivity index (χ2v) is 32.2. The molecule has 8 fully saturated rings. The van der Waals surface area contributed by atoms with Crippen molar-refractivity contribution in [3.63, 3.8) is 0 Å². The molecule has 8 saturated carbocycles. The second-order valence-electron chi connectivity index (χ2n) is 32.2. The van der Waals surface area contributed by atoms with Crippen molar-refractivity contribution in [3.05, 3.63) is 83.9 Å². The molecule has 2 aromatic carbocycles. The molecule has 0 saturated heterocycles. The van der Waals surface area contributed by atoms with Crippen molar-refractivity contribution in [3.8, 4) is 0 Å². The molecule has 0 heterocycles. The quantitative estimate of drug-likeness (QED) is 0.186. The third-order valence-electron chi connectivity index (χ3n) is 25.3. The van der Waals surface area contributed by atoms with Crippen LogP contribution in [0, 0.1) is 116 Å². The lowest BCUT2D eigenvalue weighted by molar-refractivity contribution is 0.0203. The molecule has 0 aliphatic heterocycles. The molecule has 2 aromatic rings. The molecule has 72 heavy (non-hydrogen) atoms. The highest BCUT2D eigenvalue weighted by Gasteiger charge is 2.64. The van der Waals surface area contributed by atoms with Crippen LogP contribution in [0.2, 0.25) is 0 Å². The average Bonchev–Trinajstić information content (AvgIpc) is 4.19. The van der Waals surface area contributed by atoms with E-state index in [1.807, 2.05) is 0 Å². The van der Waals surface area contributed by atoms with Crippen LogP contribution in [0.4, 0.5) is 0 Å². The Kier molecular flexibility index (Phi) is 15.5. The number of fused-ring (bicyclic) bond motifs is 6. The standard InChI is InChI=1S/C72H112/c1-67(2,3)53-35-39-57-58-40-36-54(68(4,5)6)46-62(58)65(61(57)45-53)71(51-31-21-22-32-51,49-27-17-15-18-28-49)43-25-13-14-26-44-72(52-33-23-24-34-52,50-29-19-16-20-30-50)66-63-47-55(69(7,8)9)37-41-59(63)60-42-38-56(48-64(60)66)70(10,11)12/h13-20,27-30,51-66H,21-26,31-48H2,1-12H3. The van der Waals surface area contributed by atoms with Crippen molar-refractivity contribution in [2.24, 2.45) is 116 Å². The maximum absolute atomic E-state index is 2.81. The Balaban J connectivity index is 1.01. The molecule has 8 aliphatic carbocycles. The van der Waals surface area contributed by atoms with Gasteiger partial charge in [0.25, 0.3) is 0 Å². The number of allylic oxidation sites excluding steroid dienone is 2. The SMILES string of the molecule is CC(C)(C)C1CCC2C3CCC(C(C)(C)C)CC3C(C(CCC=CCCC(c3ccccc3)(C3CCCC3)C3C4CC(C(C)(C)C)CCC4C4CCC(C(C)(C)C)CC43)(c3ccccc3)C3CCCC3)C2C1. The largest absolute Gasteiger partial charge is 0.0885 e. The monoisotopic (exact) mass is 977 g/mol. The van der Waals surface area contributed by atoms with Crippen LogP contribution in [0.3, 0.4) is 0 Å². The van der Waals surface area contributed by atoms with Crippen molar-refractivity contribution < 1.29 is 0 Å². The fourth-order valence-electron chi connectivity index (χ4n) is 21.7. The van der Waals surface area contributed by atoms with Crippen LogP contribution in [0.15, 0.2) is 72.8 Å². The maximum atomic E-state index is 2.81. The average molecular weight is 978 g/mol. The first-order chi connectivity index (χ1) is 34.2. The van der Waals surface area contributed by atoms with Gasteiger partial charge in [-0.2, -0.15) is 0 Å². The van der Waals surface area contributed by atoms with Gasteiger partial charge in [-0.3, -0.25) is 0 Å². The molecule has 0 nitrogen and oxygen atoms in total. The summed E-state index contributed by atoms with van der Waals surface area (Å²) in [6, 6.07) is 25.1. The van der Waals surface area contributed by atoms with E-state index in [-0.39, 0.29) is 10.8 Å². The first kappa shape index (κ1) is 53.6. The van der Waals surface area contributed by atoms with Crippen LogP contribution in [0.5, 0.6) is 0 Å². The van der Waals surface area contributed by atoms with Gasteiger partial charge < -0.3 is 0 Å². The highest BCUT2D eigenvalue weighted by Crippen LogP contribution is 2.71. The Hall–Kier alpha value is -1.82. The molecule has 400 valence electrons. The lowest BCUT2D eigenvalue weighted by Gasteiger charge is -2.53. The Morgan fingerprint density at radius 1 is 0.319 bits per heavy atom. The van der Waals surface area contributed by atoms with Gasteiger partial charge in [0, 0.05) is 10.8 Å². The summed E-state index contributed by atoms with van der Waals surface area (Å²) < 4.78 is 0. The number of rotatable bonds is 12. The van der Waals surface area contributed by atoms with Gasteiger partial charge in [0.05, 0.1) is 0 Å². The predicted molar refractivity (Wildman–Crippen MR) is 310 cm³/mol. The third kappa shape index (κ3) is 10.0. The molecule has 0 amide bonds. The highest BCUT2D eigenvalue weighted by atomic mass is 14.7. The summed E-state index contributed by atoms with van der Waals surface area (Å²) in [4.78, 5) is 0. The van der Waals surface area contributed by atoms with Gasteiger partial charge in [0.2, 0.25) is 0 Å². The zero-order valence-corrected chi connectivity index (χ0v) is 49.1.